The molecule has 3 heteroatoms. The van der Waals surface area contributed by atoms with Gasteiger partial charge < -0.3 is 5.11 Å². The fraction of sp³-hybridized carbons (Fsp3) is 0.600. The molecule has 1 aliphatic rings. The minimum atomic E-state index is -0.170. The lowest BCUT2D eigenvalue weighted by atomic mass is 9.92. The number of likely N-dealkylation sites (tertiary alicyclic amines) is 1. The second-order valence-electron chi connectivity index (χ2n) is 5.33. The zero-order valence-electron chi connectivity index (χ0n) is 11.2. The maximum atomic E-state index is 13.0. The van der Waals surface area contributed by atoms with Crippen molar-refractivity contribution in [2.45, 2.75) is 39.3 Å². The Morgan fingerprint density at radius 1 is 1.44 bits per heavy atom. The summed E-state index contributed by atoms with van der Waals surface area (Å²) in [5, 5.41) is 9.87. The summed E-state index contributed by atoms with van der Waals surface area (Å²) in [5.41, 5.74) is 2.19. The van der Waals surface area contributed by atoms with Crippen LogP contribution in [0.2, 0.25) is 0 Å². The van der Waals surface area contributed by atoms with Gasteiger partial charge in [-0.1, -0.05) is 13.0 Å². The lowest BCUT2D eigenvalue weighted by Gasteiger charge is -2.36. The minimum Gasteiger partial charge on any atom is -0.393 e. The van der Waals surface area contributed by atoms with Crippen LogP contribution in [0.3, 0.4) is 0 Å². The lowest BCUT2D eigenvalue weighted by molar-refractivity contribution is 0.0221. The Labute approximate surface area is 108 Å². The predicted octanol–water partition coefficient (Wildman–Crippen LogP) is 2.73. The van der Waals surface area contributed by atoms with Crippen LogP contribution in [0.25, 0.3) is 0 Å². The minimum absolute atomic E-state index is 0.152. The van der Waals surface area contributed by atoms with Gasteiger partial charge in [0.05, 0.1) is 6.10 Å². The number of benzene rings is 1. The van der Waals surface area contributed by atoms with E-state index in [1.54, 1.807) is 6.07 Å². The summed E-state index contributed by atoms with van der Waals surface area (Å²) in [6, 6.07) is 4.99. The molecule has 2 nitrogen and oxygen atoms in total. The highest BCUT2D eigenvalue weighted by Gasteiger charge is 2.26. The molecule has 1 saturated heterocycles. The highest BCUT2D eigenvalue weighted by molar-refractivity contribution is 5.26. The third-order valence-electron chi connectivity index (χ3n) is 4.00. The van der Waals surface area contributed by atoms with Crippen molar-refractivity contribution < 1.29 is 9.50 Å². The monoisotopic (exact) mass is 251 g/mol. The molecule has 0 spiro atoms. The van der Waals surface area contributed by atoms with Gasteiger partial charge in [-0.05, 0) is 48.9 Å². The van der Waals surface area contributed by atoms with Crippen molar-refractivity contribution in [1.82, 2.24) is 4.90 Å². The van der Waals surface area contributed by atoms with Gasteiger partial charge in [0.15, 0.2) is 0 Å². The standard InChI is InChI=1S/C15H22FNO/c1-3-12-9-17(7-6-15(12)18)10-13-4-5-14(16)8-11(13)2/h4-5,8,12,15,18H,3,6-7,9-10H2,1-2H3. The van der Waals surface area contributed by atoms with E-state index in [0.29, 0.717) is 5.92 Å². The summed E-state index contributed by atoms with van der Waals surface area (Å²) in [7, 11) is 0. The first-order valence-electron chi connectivity index (χ1n) is 6.75. The topological polar surface area (TPSA) is 23.5 Å². The third kappa shape index (κ3) is 3.09. The van der Waals surface area contributed by atoms with Crippen LogP contribution in [-0.2, 0) is 6.54 Å². The van der Waals surface area contributed by atoms with Crippen LogP contribution in [0.1, 0.15) is 30.9 Å². The van der Waals surface area contributed by atoms with E-state index in [9.17, 15) is 9.50 Å². The molecule has 0 aliphatic carbocycles. The largest absolute Gasteiger partial charge is 0.393 e. The molecule has 1 N–H and O–H groups in total. The zero-order chi connectivity index (χ0) is 13.1. The van der Waals surface area contributed by atoms with Crippen molar-refractivity contribution in [3.63, 3.8) is 0 Å². The fourth-order valence-electron chi connectivity index (χ4n) is 2.72. The molecule has 1 aromatic carbocycles. The van der Waals surface area contributed by atoms with Gasteiger partial charge in [0.25, 0.3) is 0 Å². The Bertz CT molecular complexity index is 407. The normalized spacial score (nSPS) is 25.3. The molecule has 0 saturated carbocycles. The van der Waals surface area contributed by atoms with Crippen LogP contribution in [0.5, 0.6) is 0 Å². The number of aryl methyl sites for hydroxylation is 1. The number of piperidine rings is 1. The van der Waals surface area contributed by atoms with E-state index in [4.69, 9.17) is 0 Å². The van der Waals surface area contributed by atoms with E-state index in [1.165, 1.54) is 11.6 Å². The molecule has 1 fully saturated rings. The number of halogens is 1. The van der Waals surface area contributed by atoms with Crippen molar-refractivity contribution in [2.75, 3.05) is 13.1 Å². The SMILES string of the molecule is CCC1CN(Cc2ccc(F)cc2C)CCC1O. The Hall–Kier alpha value is -0.930. The van der Waals surface area contributed by atoms with E-state index in [1.807, 2.05) is 13.0 Å². The molecule has 2 atom stereocenters. The van der Waals surface area contributed by atoms with Gasteiger partial charge in [-0.2, -0.15) is 0 Å². The summed E-state index contributed by atoms with van der Waals surface area (Å²) in [4.78, 5) is 2.36. The molecule has 0 radical (unpaired) electrons. The van der Waals surface area contributed by atoms with Crippen molar-refractivity contribution in [2.24, 2.45) is 5.92 Å². The molecule has 1 aliphatic heterocycles. The van der Waals surface area contributed by atoms with Gasteiger partial charge in [0, 0.05) is 19.6 Å². The second kappa shape index (κ2) is 5.81. The van der Waals surface area contributed by atoms with Gasteiger partial charge in [-0.15, -0.1) is 0 Å². The molecule has 2 unspecified atom stereocenters. The van der Waals surface area contributed by atoms with Crippen LogP contribution in [0.4, 0.5) is 4.39 Å². The van der Waals surface area contributed by atoms with Crippen LogP contribution < -0.4 is 0 Å². The van der Waals surface area contributed by atoms with Crippen molar-refractivity contribution in [1.29, 1.82) is 0 Å². The van der Waals surface area contributed by atoms with Crippen LogP contribution in [0, 0.1) is 18.7 Å². The van der Waals surface area contributed by atoms with E-state index in [-0.39, 0.29) is 11.9 Å². The Balaban J connectivity index is 2.01. The van der Waals surface area contributed by atoms with Crippen molar-refractivity contribution >= 4 is 0 Å². The number of nitrogens with zero attached hydrogens (tertiary/aromatic N) is 1. The molecule has 1 aromatic rings. The van der Waals surface area contributed by atoms with Crippen molar-refractivity contribution in [3.05, 3.63) is 35.1 Å². The molecule has 100 valence electrons. The highest BCUT2D eigenvalue weighted by atomic mass is 19.1. The first-order chi connectivity index (χ1) is 8.60. The summed E-state index contributed by atoms with van der Waals surface area (Å²) in [6.07, 6.45) is 1.71. The predicted molar refractivity (Wildman–Crippen MR) is 70.8 cm³/mol. The molecular formula is C15H22FNO. The second-order valence-corrected chi connectivity index (χ2v) is 5.33. The Morgan fingerprint density at radius 3 is 2.89 bits per heavy atom. The molecular weight excluding hydrogens is 229 g/mol. The van der Waals surface area contributed by atoms with E-state index in [2.05, 4.69) is 11.8 Å². The number of aliphatic hydroxyl groups excluding tert-OH is 1. The van der Waals surface area contributed by atoms with E-state index < -0.39 is 0 Å². The maximum Gasteiger partial charge on any atom is 0.123 e. The summed E-state index contributed by atoms with van der Waals surface area (Å²) >= 11 is 0. The number of hydrogen-bond acceptors (Lipinski definition) is 2. The maximum absolute atomic E-state index is 13.0. The third-order valence-corrected chi connectivity index (χ3v) is 4.00. The van der Waals surface area contributed by atoms with Gasteiger partial charge in [0.2, 0.25) is 0 Å². The molecule has 0 aromatic heterocycles. The quantitative estimate of drug-likeness (QED) is 0.893. The van der Waals surface area contributed by atoms with E-state index >= 15 is 0 Å². The molecule has 0 bridgehead atoms. The molecule has 1 heterocycles. The summed E-state index contributed by atoms with van der Waals surface area (Å²) < 4.78 is 13.0. The molecule has 18 heavy (non-hydrogen) atoms. The Morgan fingerprint density at radius 2 is 2.22 bits per heavy atom. The molecule has 0 amide bonds. The van der Waals surface area contributed by atoms with Gasteiger partial charge in [-0.25, -0.2) is 4.39 Å². The van der Waals surface area contributed by atoms with Gasteiger partial charge in [0.1, 0.15) is 5.82 Å². The van der Waals surface area contributed by atoms with Crippen LogP contribution in [0.15, 0.2) is 18.2 Å². The summed E-state index contributed by atoms with van der Waals surface area (Å²) in [6.45, 7) is 6.80. The van der Waals surface area contributed by atoms with Crippen molar-refractivity contribution in [3.8, 4) is 0 Å². The van der Waals surface area contributed by atoms with Gasteiger partial charge in [-0.3, -0.25) is 4.90 Å². The summed E-state index contributed by atoms with van der Waals surface area (Å²) in [5.74, 6) is 0.205. The average Bonchev–Trinajstić information content (AvgIpc) is 2.35. The lowest BCUT2D eigenvalue weighted by Crippen LogP contribution is -2.42. The fourth-order valence-corrected chi connectivity index (χ4v) is 2.72. The van der Waals surface area contributed by atoms with Gasteiger partial charge >= 0.3 is 0 Å². The first-order valence-corrected chi connectivity index (χ1v) is 6.75. The average molecular weight is 251 g/mol. The van der Waals surface area contributed by atoms with Crippen LogP contribution >= 0.6 is 0 Å². The van der Waals surface area contributed by atoms with E-state index in [0.717, 1.165) is 38.0 Å². The number of aliphatic hydroxyl groups is 1. The smallest absolute Gasteiger partial charge is 0.123 e. The number of hydrogen-bond donors (Lipinski definition) is 1. The number of rotatable bonds is 3. The highest BCUT2D eigenvalue weighted by Crippen LogP contribution is 2.22. The van der Waals surface area contributed by atoms with Crippen LogP contribution in [-0.4, -0.2) is 29.2 Å². The Kier molecular flexibility index (Phi) is 4.36. The molecule has 2 rings (SSSR count). The zero-order valence-corrected chi connectivity index (χ0v) is 11.2. The first kappa shape index (κ1) is 13.5.